The second kappa shape index (κ2) is 17.7. The average molecular weight is 756 g/mol. The van der Waals surface area contributed by atoms with Crippen molar-refractivity contribution < 1.29 is 67.3 Å². The van der Waals surface area contributed by atoms with Crippen LogP contribution in [0, 0.1) is 11.8 Å². The maximum atomic E-state index is 13.5. The molecule has 0 radical (unpaired) electrons. The van der Waals surface area contributed by atoms with Crippen LogP contribution in [0.3, 0.4) is 0 Å². The number of allylic oxidation sites excluding steroid dienone is 1. The molecule has 0 aromatic heterocycles. The van der Waals surface area contributed by atoms with Crippen molar-refractivity contribution in [2.75, 3.05) is 13.2 Å². The largest absolute Gasteiger partial charge is 1.00 e. The first kappa shape index (κ1) is 41.2. The predicted octanol–water partition coefficient (Wildman–Crippen LogP) is 2.43. The molecule has 8 atom stereocenters. The van der Waals surface area contributed by atoms with E-state index < -0.39 is 33.1 Å². The molecule has 9 rings (SSSR count). The molecule has 0 saturated carbocycles. The third-order valence-corrected chi connectivity index (χ3v) is 12.4. The SMILES string of the molecule is CC[C@@H]1C[C@@H](S(=O)(=O)[O-])[C@H]2C=C3C[C@@H](C[C@@H](CCCO)O[C@H]3c3ccc(O)cc3)[C@H]2c2ccc(cc2)[C@@](CCCO)(N=C(N)N)Oc2ccc1cc2.[Na+]. The molecule has 11 nitrogen and oxygen atoms in total. The molecule has 0 spiro atoms. The first-order valence-electron chi connectivity index (χ1n) is 18.3. The van der Waals surface area contributed by atoms with Crippen molar-refractivity contribution in [2.24, 2.45) is 28.3 Å². The maximum absolute atomic E-state index is 13.5. The van der Waals surface area contributed by atoms with Crippen LogP contribution in [0.1, 0.15) is 98.5 Å². The van der Waals surface area contributed by atoms with Crippen molar-refractivity contribution in [3.05, 3.63) is 107 Å². The average Bonchev–Trinajstić information content (AvgIpc) is 3.26. The Labute approximate surface area is 334 Å². The molecule has 3 aromatic carbocycles. The Morgan fingerprint density at radius 1 is 0.925 bits per heavy atom. The normalized spacial score (nSPS) is 28.2. The summed E-state index contributed by atoms with van der Waals surface area (Å²) in [5, 5.41) is 28.4. The molecule has 6 aliphatic rings. The van der Waals surface area contributed by atoms with Gasteiger partial charge in [0.15, 0.2) is 5.96 Å². The van der Waals surface area contributed by atoms with Crippen molar-refractivity contribution in [3.8, 4) is 11.5 Å². The molecule has 5 heterocycles. The monoisotopic (exact) mass is 755 g/mol. The molecule has 53 heavy (non-hydrogen) atoms. The third-order valence-electron chi connectivity index (χ3n) is 11.1. The Morgan fingerprint density at radius 2 is 1.57 bits per heavy atom. The van der Waals surface area contributed by atoms with Crippen LogP contribution >= 0.6 is 0 Å². The molecule has 1 fully saturated rings. The van der Waals surface area contributed by atoms with Gasteiger partial charge in [0.05, 0.1) is 21.5 Å². The Bertz CT molecular complexity index is 1830. The second-order valence-corrected chi connectivity index (χ2v) is 16.0. The predicted molar refractivity (Wildman–Crippen MR) is 198 cm³/mol. The number of aliphatic hydroxyl groups is 2. The fourth-order valence-corrected chi connectivity index (χ4v) is 9.82. The van der Waals surface area contributed by atoms with Crippen molar-refractivity contribution in [3.63, 3.8) is 0 Å². The molecule has 5 aliphatic heterocycles. The first-order valence-corrected chi connectivity index (χ1v) is 19.7. The van der Waals surface area contributed by atoms with Crippen molar-refractivity contribution >= 4 is 16.1 Å². The van der Waals surface area contributed by atoms with Gasteiger partial charge in [-0.2, -0.15) is 0 Å². The molecule has 13 heteroatoms. The van der Waals surface area contributed by atoms with Gasteiger partial charge in [-0.1, -0.05) is 61.5 Å². The number of ether oxygens (including phenoxy) is 2. The molecule has 0 amide bonds. The Hall–Kier alpha value is -2.94. The van der Waals surface area contributed by atoms with Gasteiger partial charge in [-0.05, 0) is 115 Å². The van der Waals surface area contributed by atoms with Gasteiger partial charge in [-0.25, -0.2) is 13.4 Å². The molecule has 280 valence electrons. The van der Waals surface area contributed by atoms with Gasteiger partial charge in [0.1, 0.15) is 17.6 Å². The minimum Gasteiger partial charge on any atom is -0.748 e. The molecule has 0 unspecified atom stereocenters. The van der Waals surface area contributed by atoms with Gasteiger partial charge >= 0.3 is 29.6 Å². The number of aromatic hydroxyl groups is 1. The number of benzene rings is 3. The molecule has 3 aromatic rings. The van der Waals surface area contributed by atoms with Crippen LogP contribution in [0.5, 0.6) is 11.5 Å². The van der Waals surface area contributed by atoms with Gasteiger partial charge in [-0.3, -0.25) is 0 Å². The van der Waals surface area contributed by atoms with E-state index in [2.05, 4.69) is 4.99 Å². The number of aliphatic imine (C=N–C) groups is 1. The van der Waals surface area contributed by atoms with Crippen molar-refractivity contribution in [1.82, 2.24) is 0 Å². The van der Waals surface area contributed by atoms with Crippen LogP contribution in [0.2, 0.25) is 0 Å². The van der Waals surface area contributed by atoms with Crippen molar-refractivity contribution in [1.29, 1.82) is 0 Å². The van der Waals surface area contributed by atoms with E-state index in [1.54, 1.807) is 24.3 Å². The number of nitrogens with zero attached hydrogens (tertiary/aromatic N) is 1. The van der Waals surface area contributed by atoms with E-state index in [9.17, 15) is 28.3 Å². The molecular formula is C40H50N3NaO8S. The fraction of sp³-hybridized carbons (Fsp3) is 0.475. The minimum absolute atomic E-state index is 0. The van der Waals surface area contributed by atoms with E-state index in [0.717, 1.165) is 22.3 Å². The maximum Gasteiger partial charge on any atom is 1.00 e. The summed E-state index contributed by atoms with van der Waals surface area (Å²) in [7, 11) is -4.82. The van der Waals surface area contributed by atoms with E-state index in [1.165, 1.54) is 0 Å². The van der Waals surface area contributed by atoms with Gasteiger partial charge in [-0.15, -0.1) is 0 Å². The van der Waals surface area contributed by atoms with Crippen LogP contribution < -0.4 is 45.8 Å². The fourth-order valence-electron chi connectivity index (χ4n) is 8.72. The topological polar surface area (TPSA) is 201 Å². The number of fused-ring (bicyclic) bond motifs is 2. The number of nitrogens with two attached hydrogens (primary N) is 2. The molecule has 1 saturated heterocycles. The summed E-state index contributed by atoms with van der Waals surface area (Å²) in [5.41, 5.74) is 14.8. The molecule has 7 N–H and O–H groups in total. The quantitative estimate of drug-likeness (QED) is 0.0673. The number of aliphatic hydroxyl groups excluding tert-OH is 2. The van der Waals surface area contributed by atoms with Crippen LogP contribution in [-0.2, 0) is 20.6 Å². The summed E-state index contributed by atoms with van der Waals surface area (Å²) in [6.07, 6.45) is 4.95. The van der Waals surface area contributed by atoms with Gasteiger partial charge in [0.2, 0.25) is 5.72 Å². The Balaban J connectivity index is 0.00000541. The van der Waals surface area contributed by atoms with E-state index >= 15 is 0 Å². The zero-order valence-electron chi connectivity index (χ0n) is 30.5. The van der Waals surface area contributed by atoms with Crippen LogP contribution in [0.15, 0.2) is 89.4 Å². The van der Waals surface area contributed by atoms with Crippen LogP contribution in [0.25, 0.3) is 0 Å². The number of rotatable bonds is 10. The third kappa shape index (κ3) is 9.30. The number of guanidine groups is 1. The van der Waals surface area contributed by atoms with Crippen LogP contribution in [0.4, 0.5) is 0 Å². The number of phenols is 1. The summed E-state index contributed by atoms with van der Waals surface area (Å²) in [6, 6.07) is 21.9. The first-order chi connectivity index (χ1) is 24.9. The van der Waals surface area contributed by atoms with Crippen LogP contribution in [-0.4, -0.2) is 58.8 Å². The van der Waals surface area contributed by atoms with Gasteiger partial charge < -0.3 is 40.8 Å². The van der Waals surface area contributed by atoms with E-state index in [-0.39, 0.29) is 91.2 Å². The summed E-state index contributed by atoms with van der Waals surface area (Å²) >= 11 is 0. The van der Waals surface area contributed by atoms with E-state index in [4.69, 9.17) is 20.9 Å². The minimum atomic E-state index is -4.82. The zero-order valence-corrected chi connectivity index (χ0v) is 33.3. The molecule has 6 bridgehead atoms. The summed E-state index contributed by atoms with van der Waals surface area (Å²) < 4.78 is 54.0. The Kier molecular flexibility index (Phi) is 13.8. The zero-order chi connectivity index (χ0) is 37.0. The Morgan fingerprint density at radius 3 is 2.17 bits per heavy atom. The number of phenolic OH excluding ortho intramolecular Hbond substituents is 1. The van der Waals surface area contributed by atoms with Gasteiger partial charge in [0.25, 0.3) is 0 Å². The standard InChI is InChI=1S/C40H51N3O8S.Na/c1-2-25-24-36(52(47,48)49)35-23-30-21-29(22-34(5-3-19-44)50-38(30)28-8-14-32(46)15-9-28)37(35)27-6-12-31(13-7-27)40(18-4-20-45,43-39(41)42)51-33-16-10-26(25)11-17-33;/h6-17,23,25,29,34-38,44-46H,2-5,18-22,24H2,1H3,(H4,41,42,43)(H,47,48,49);/q;+1/p-1/t25-,29+,34-,35-,36-,37-,38+,40+;/m1./s1. The van der Waals surface area contributed by atoms with E-state index in [0.29, 0.717) is 49.8 Å². The second-order valence-electron chi connectivity index (χ2n) is 14.5. The van der Waals surface area contributed by atoms with Gasteiger partial charge in [0, 0.05) is 25.2 Å². The van der Waals surface area contributed by atoms with Crippen molar-refractivity contribution in [2.45, 2.75) is 93.3 Å². The summed E-state index contributed by atoms with van der Waals surface area (Å²) in [4.78, 5) is 4.60. The summed E-state index contributed by atoms with van der Waals surface area (Å²) in [6.45, 7) is 1.90. The molecule has 1 aliphatic carbocycles. The summed E-state index contributed by atoms with van der Waals surface area (Å²) in [5.74, 6) is -0.918. The number of hydrogen-bond donors (Lipinski definition) is 5. The van der Waals surface area contributed by atoms with E-state index in [1.807, 2.05) is 61.5 Å². The molecular weight excluding hydrogens is 706 g/mol. The smallest absolute Gasteiger partial charge is 0.748 e. The number of hydrogen-bond acceptors (Lipinski definition) is 9.